The lowest BCUT2D eigenvalue weighted by molar-refractivity contribution is -0.121. The standard InChI is InChI=1S/C33H39N7O6S/c1-3-15-45-32(43)36-20-9-11-22-24(17-20)38-25-18-21(37-33(44)46-16-4-2)10-12-23(25)29(22)35-14-13-34-28(41)8-6-5-7-27-30-26(19-47-27)39-31(42)40-30/h3-4,9-12,17-18,26-27,30H,1-2,5-8,13-16,19H2,(H,34,41)(H,35,38)(H,36,43)(H,37,44)(H2,39,40,42)/t26-,27+,30-/m1/s1. The number of unbranched alkanes of at least 4 members (excludes halogenated alkanes) is 1. The van der Waals surface area contributed by atoms with Gasteiger partial charge in [-0.05, 0) is 49.2 Å². The Morgan fingerprint density at radius 1 is 0.915 bits per heavy atom. The molecule has 2 aromatic carbocycles. The lowest BCUT2D eigenvalue weighted by Gasteiger charge is -2.16. The van der Waals surface area contributed by atoms with E-state index in [0.717, 1.165) is 41.5 Å². The van der Waals surface area contributed by atoms with Gasteiger partial charge in [-0.3, -0.25) is 15.4 Å². The van der Waals surface area contributed by atoms with Crippen LogP contribution in [0.4, 0.5) is 31.4 Å². The van der Waals surface area contributed by atoms with Gasteiger partial charge in [-0.15, -0.1) is 0 Å². The number of hydrogen-bond donors (Lipinski definition) is 6. The zero-order valence-electron chi connectivity index (χ0n) is 25.9. The third-order valence-corrected chi connectivity index (χ3v) is 9.27. The number of carbonyl (C=O) groups excluding carboxylic acids is 4. The van der Waals surface area contributed by atoms with Crippen LogP contribution in [0.25, 0.3) is 21.8 Å². The fourth-order valence-corrected chi connectivity index (χ4v) is 7.16. The fraction of sp³-hybridized carbons (Fsp3) is 0.364. The van der Waals surface area contributed by atoms with E-state index in [1.54, 1.807) is 24.3 Å². The van der Waals surface area contributed by atoms with Crippen molar-refractivity contribution in [2.75, 3.05) is 48.0 Å². The van der Waals surface area contributed by atoms with Gasteiger partial charge in [-0.1, -0.05) is 31.7 Å². The highest BCUT2D eigenvalue weighted by Gasteiger charge is 2.42. The minimum Gasteiger partial charge on any atom is -0.445 e. The molecular formula is C33H39N7O6S. The summed E-state index contributed by atoms with van der Waals surface area (Å²) in [5.74, 6) is 0.914. The first-order valence-electron chi connectivity index (χ1n) is 15.5. The molecule has 2 saturated heterocycles. The molecule has 0 aliphatic carbocycles. The maximum Gasteiger partial charge on any atom is 0.411 e. The first-order chi connectivity index (χ1) is 22.8. The van der Waals surface area contributed by atoms with Crippen molar-refractivity contribution in [3.05, 3.63) is 61.7 Å². The minimum absolute atomic E-state index is 0.0119. The van der Waals surface area contributed by atoms with Crippen molar-refractivity contribution in [2.24, 2.45) is 0 Å². The quantitative estimate of drug-likeness (QED) is 0.0560. The van der Waals surface area contributed by atoms with Crippen LogP contribution in [0.2, 0.25) is 0 Å². The zero-order chi connectivity index (χ0) is 33.2. The number of anilines is 3. The molecule has 0 spiro atoms. The molecule has 3 heterocycles. The van der Waals surface area contributed by atoms with Gasteiger partial charge in [0.05, 0.1) is 28.8 Å². The maximum atomic E-state index is 12.6. The molecule has 6 N–H and O–H groups in total. The highest BCUT2D eigenvalue weighted by molar-refractivity contribution is 8.00. The molecule has 47 heavy (non-hydrogen) atoms. The molecule has 3 aromatic rings. The summed E-state index contributed by atoms with van der Waals surface area (Å²) in [5, 5.41) is 19.8. The molecule has 2 aliphatic rings. The van der Waals surface area contributed by atoms with E-state index in [2.05, 4.69) is 45.1 Å². The molecule has 13 nitrogen and oxygen atoms in total. The first kappa shape index (κ1) is 33.4. The minimum atomic E-state index is -0.616. The molecule has 0 unspecified atom stereocenters. The molecule has 2 fully saturated rings. The van der Waals surface area contributed by atoms with Crippen LogP contribution in [-0.4, -0.2) is 78.5 Å². The van der Waals surface area contributed by atoms with E-state index in [-0.39, 0.29) is 37.2 Å². The molecule has 2 aliphatic heterocycles. The third-order valence-electron chi connectivity index (χ3n) is 7.76. The van der Waals surface area contributed by atoms with E-state index in [1.807, 2.05) is 23.9 Å². The zero-order valence-corrected chi connectivity index (χ0v) is 26.8. The lowest BCUT2D eigenvalue weighted by Crippen LogP contribution is -2.36. The van der Waals surface area contributed by atoms with Crippen molar-refractivity contribution in [3.63, 3.8) is 0 Å². The normalized spacial score (nSPS) is 18.0. The molecule has 5 amide bonds. The van der Waals surface area contributed by atoms with Gasteiger partial charge in [0.25, 0.3) is 0 Å². The van der Waals surface area contributed by atoms with E-state index >= 15 is 0 Å². The molecule has 0 saturated carbocycles. The second kappa shape index (κ2) is 16.0. The van der Waals surface area contributed by atoms with Crippen LogP contribution in [-0.2, 0) is 14.3 Å². The average Bonchev–Trinajstić information content (AvgIpc) is 3.61. The maximum absolute atomic E-state index is 12.6. The van der Waals surface area contributed by atoms with Crippen molar-refractivity contribution >= 4 is 74.8 Å². The van der Waals surface area contributed by atoms with E-state index in [4.69, 9.17) is 14.5 Å². The van der Waals surface area contributed by atoms with E-state index in [9.17, 15) is 19.2 Å². The van der Waals surface area contributed by atoms with Gasteiger partial charge in [0.2, 0.25) is 5.91 Å². The summed E-state index contributed by atoms with van der Waals surface area (Å²) in [7, 11) is 0. The van der Waals surface area contributed by atoms with Crippen molar-refractivity contribution in [3.8, 4) is 0 Å². The van der Waals surface area contributed by atoms with Crippen LogP contribution >= 0.6 is 11.8 Å². The molecule has 1 aromatic heterocycles. The van der Waals surface area contributed by atoms with Crippen molar-refractivity contribution in [1.82, 2.24) is 20.9 Å². The average molecular weight is 662 g/mol. The Hall–Kier alpha value is -4.98. The Balaban J connectivity index is 1.20. The van der Waals surface area contributed by atoms with Gasteiger partial charge in [0, 0.05) is 52.7 Å². The Bertz CT molecular complexity index is 1580. The van der Waals surface area contributed by atoms with Crippen molar-refractivity contribution in [2.45, 2.75) is 43.0 Å². The van der Waals surface area contributed by atoms with Gasteiger partial charge >= 0.3 is 18.2 Å². The van der Waals surface area contributed by atoms with Crippen molar-refractivity contribution in [1.29, 1.82) is 0 Å². The summed E-state index contributed by atoms with van der Waals surface area (Å²) in [6.45, 7) is 8.11. The summed E-state index contributed by atoms with van der Waals surface area (Å²) >= 11 is 1.88. The molecule has 14 heteroatoms. The van der Waals surface area contributed by atoms with Crippen LogP contribution < -0.4 is 31.9 Å². The summed E-state index contributed by atoms with van der Waals surface area (Å²) in [4.78, 5) is 53.2. The van der Waals surface area contributed by atoms with E-state index < -0.39 is 12.2 Å². The van der Waals surface area contributed by atoms with E-state index in [1.165, 1.54) is 12.2 Å². The molecule has 248 valence electrons. The van der Waals surface area contributed by atoms with Crippen LogP contribution in [0.5, 0.6) is 0 Å². The predicted molar refractivity (Wildman–Crippen MR) is 185 cm³/mol. The fourth-order valence-electron chi connectivity index (χ4n) is 5.62. The number of hydrogen-bond acceptors (Lipinski definition) is 9. The number of thioether (sulfide) groups is 1. The van der Waals surface area contributed by atoms with Gasteiger partial charge in [0.15, 0.2) is 0 Å². The molecule has 0 radical (unpaired) electrons. The Labute approximate surface area is 276 Å². The molecule has 3 atom stereocenters. The first-order valence-corrected chi connectivity index (χ1v) is 16.6. The second-order valence-corrected chi connectivity index (χ2v) is 12.4. The molecule has 0 bridgehead atoms. The van der Waals surface area contributed by atoms with Crippen molar-refractivity contribution < 1.29 is 28.7 Å². The highest BCUT2D eigenvalue weighted by atomic mass is 32.2. The van der Waals surface area contributed by atoms with Gasteiger partial charge in [-0.25, -0.2) is 19.4 Å². The molecule has 5 rings (SSSR count). The number of nitrogens with one attached hydrogen (secondary N) is 6. The van der Waals surface area contributed by atoms with Crippen LogP contribution in [0, 0.1) is 0 Å². The van der Waals surface area contributed by atoms with Gasteiger partial charge < -0.3 is 30.7 Å². The summed E-state index contributed by atoms with van der Waals surface area (Å²) in [6, 6.07) is 11.0. The van der Waals surface area contributed by atoms with Crippen LogP contribution in [0.1, 0.15) is 25.7 Å². The molecular weight excluding hydrogens is 622 g/mol. The lowest BCUT2D eigenvalue weighted by atomic mass is 10.0. The number of carbonyl (C=O) groups is 4. The Kier molecular flexibility index (Phi) is 11.4. The monoisotopic (exact) mass is 661 g/mol. The number of rotatable bonds is 15. The number of aromatic nitrogens is 1. The van der Waals surface area contributed by atoms with Gasteiger partial charge in [-0.2, -0.15) is 11.8 Å². The topological polar surface area (TPSA) is 172 Å². The number of amides is 5. The summed E-state index contributed by atoms with van der Waals surface area (Å²) < 4.78 is 10.1. The third kappa shape index (κ3) is 8.85. The largest absolute Gasteiger partial charge is 0.445 e. The Morgan fingerprint density at radius 2 is 1.55 bits per heavy atom. The Morgan fingerprint density at radius 3 is 2.17 bits per heavy atom. The number of pyridine rings is 1. The predicted octanol–water partition coefficient (Wildman–Crippen LogP) is 5.11. The number of fused-ring (bicyclic) bond motifs is 3. The van der Waals surface area contributed by atoms with Crippen LogP contribution in [0.15, 0.2) is 61.7 Å². The van der Waals surface area contributed by atoms with E-state index in [0.29, 0.717) is 47.2 Å². The summed E-state index contributed by atoms with van der Waals surface area (Å²) in [6.07, 6.45) is 4.83. The smallest absolute Gasteiger partial charge is 0.411 e. The number of benzene rings is 2. The van der Waals surface area contributed by atoms with Crippen LogP contribution in [0.3, 0.4) is 0 Å². The number of nitrogens with zero attached hydrogens (tertiary/aromatic N) is 1. The highest BCUT2D eigenvalue weighted by Crippen LogP contribution is 2.34. The number of urea groups is 1. The van der Waals surface area contributed by atoms with Gasteiger partial charge in [0.1, 0.15) is 13.2 Å². The summed E-state index contributed by atoms with van der Waals surface area (Å²) in [5.41, 5.74) is 2.97. The second-order valence-electron chi connectivity index (χ2n) is 11.1. The SMILES string of the molecule is C=CCOC(=O)Nc1ccc2c(NCCNC(=O)CCCC[C@@H]3SC[C@H]4NC(=O)N[C@@H]34)c3ccc(NC(=O)OCC=C)cc3nc2c1. The number of ether oxygens (including phenoxy) is 2.